The Morgan fingerprint density at radius 2 is 2.05 bits per heavy atom. The number of imide groups is 1. The van der Waals surface area contributed by atoms with Gasteiger partial charge in [0, 0.05) is 17.5 Å². The maximum Gasteiger partial charge on any atom is 0.321 e. The van der Waals surface area contributed by atoms with Gasteiger partial charge in [0.1, 0.15) is 5.01 Å². The quantitative estimate of drug-likeness (QED) is 0.759. The lowest BCUT2D eigenvalue weighted by molar-refractivity contribution is -0.149. The molecule has 7 nitrogen and oxygen atoms in total. The second kappa shape index (κ2) is 6.47. The number of aliphatic carboxylic acids is 1. The number of aryl methyl sites for hydroxylation is 1. The van der Waals surface area contributed by atoms with Crippen LogP contribution in [-0.2, 0) is 16.1 Å². The maximum absolute atomic E-state index is 11.5. The van der Waals surface area contributed by atoms with Gasteiger partial charge in [-0.1, -0.05) is 0 Å². The van der Waals surface area contributed by atoms with Crippen molar-refractivity contribution in [2.24, 2.45) is 5.41 Å². The number of hydrogen-bond donors (Lipinski definition) is 3. The summed E-state index contributed by atoms with van der Waals surface area (Å²) in [4.78, 5) is 38.0. The van der Waals surface area contributed by atoms with Crippen molar-refractivity contribution in [3.05, 3.63) is 16.1 Å². The normalized spacial score (nSPS) is 10.9. The molecule has 0 bridgehead atoms. The van der Waals surface area contributed by atoms with Crippen LogP contribution in [0.1, 0.15) is 31.0 Å². The summed E-state index contributed by atoms with van der Waals surface area (Å²) in [7, 11) is 0. The van der Waals surface area contributed by atoms with Gasteiger partial charge in [-0.05, 0) is 20.8 Å². The van der Waals surface area contributed by atoms with Gasteiger partial charge in [-0.3, -0.25) is 14.9 Å². The van der Waals surface area contributed by atoms with Gasteiger partial charge < -0.3 is 10.4 Å². The zero-order valence-electron chi connectivity index (χ0n) is 11.5. The Kier molecular flexibility index (Phi) is 5.20. The van der Waals surface area contributed by atoms with Crippen molar-refractivity contribution in [3.63, 3.8) is 0 Å². The van der Waals surface area contributed by atoms with Gasteiger partial charge in [-0.25, -0.2) is 9.78 Å². The molecule has 0 aliphatic rings. The van der Waals surface area contributed by atoms with Crippen molar-refractivity contribution in [2.45, 2.75) is 33.7 Å². The molecule has 0 radical (unpaired) electrons. The number of urea groups is 1. The minimum absolute atomic E-state index is 0.222. The third-order valence-electron chi connectivity index (χ3n) is 2.50. The number of carboxylic acid groups (broad SMARTS) is 1. The molecule has 20 heavy (non-hydrogen) atoms. The SMILES string of the molecule is Cc1csc(CNC(=O)NC(=O)CC(C)(C)C(=O)O)n1. The molecular formula is C12H17N3O4S. The van der Waals surface area contributed by atoms with Crippen LogP contribution < -0.4 is 10.6 Å². The van der Waals surface area contributed by atoms with Crippen LogP contribution in [0.3, 0.4) is 0 Å². The number of carbonyl (C=O) groups excluding carboxylic acids is 2. The average Bonchev–Trinajstić information content (AvgIpc) is 2.71. The van der Waals surface area contributed by atoms with E-state index in [9.17, 15) is 14.4 Å². The molecule has 0 saturated carbocycles. The summed E-state index contributed by atoms with van der Waals surface area (Å²) in [5.74, 6) is -1.73. The lowest BCUT2D eigenvalue weighted by Gasteiger charge is -2.17. The first-order valence-corrected chi connectivity index (χ1v) is 6.81. The third kappa shape index (κ3) is 4.96. The van der Waals surface area contributed by atoms with E-state index in [1.807, 2.05) is 12.3 Å². The molecule has 1 aromatic rings. The van der Waals surface area contributed by atoms with Crippen LogP contribution in [0, 0.1) is 12.3 Å². The van der Waals surface area contributed by atoms with E-state index in [1.54, 1.807) is 0 Å². The Labute approximate surface area is 120 Å². The maximum atomic E-state index is 11.5. The number of amides is 3. The highest BCUT2D eigenvalue weighted by molar-refractivity contribution is 7.09. The molecular weight excluding hydrogens is 282 g/mol. The molecule has 0 spiro atoms. The fraction of sp³-hybridized carbons (Fsp3) is 0.500. The smallest absolute Gasteiger partial charge is 0.321 e. The van der Waals surface area contributed by atoms with Gasteiger partial charge in [-0.2, -0.15) is 0 Å². The van der Waals surface area contributed by atoms with Crippen LogP contribution in [0.4, 0.5) is 4.79 Å². The van der Waals surface area contributed by atoms with Gasteiger partial charge in [-0.15, -0.1) is 11.3 Å². The molecule has 3 N–H and O–H groups in total. The number of nitrogens with one attached hydrogen (secondary N) is 2. The number of aromatic nitrogens is 1. The molecule has 110 valence electrons. The number of carbonyl (C=O) groups is 3. The number of rotatable bonds is 5. The molecule has 3 amide bonds. The van der Waals surface area contributed by atoms with E-state index in [2.05, 4.69) is 15.6 Å². The van der Waals surface area contributed by atoms with E-state index in [0.29, 0.717) is 0 Å². The Morgan fingerprint density at radius 3 is 2.55 bits per heavy atom. The van der Waals surface area contributed by atoms with Crippen LogP contribution in [0.5, 0.6) is 0 Å². The van der Waals surface area contributed by atoms with Crippen molar-refractivity contribution < 1.29 is 19.5 Å². The Morgan fingerprint density at radius 1 is 1.40 bits per heavy atom. The molecule has 0 atom stereocenters. The summed E-state index contributed by atoms with van der Waals surface area (Å²) in [5.41, 5.74) is -0.344. The molecule has 0 aliphatic carbocycles. The fourth-order valence-electron chi connectivity index (χ4n) is 1.33. The van der Waals surface area contributed by atoms with E-state index in [1.165, 1.54) is 25.2 Å². The van der Waals surface area contributed by atoms with Crippen LogP contribution in [-0.4, -0.2) is 28.0 Å². The first-order chi connectivity index (χ1) is 9.20. The van der Waals surface area contributed by atoms with E-state index >= 15 is 0 Å². The summed E-state index contributed by atoms with van der Waals surface area (Å²) >= 11 is 1.41. The fourth-order valence-corrected chi connectivity index (χ4v) is 2.04. The molecule has 1 rings (SSSR count). The number of carboxylic acids is 1. The first kappa shape index (κ1) is 16.1. The van der Waals surface area contributed by atoms with E-state index < -0.39 is 23.3 Å². The van der Waals surface area contributed by atoms with Crippen molar-refractivity contribution >= 4 is 29.2 Å². The number of thiazole rings is 1. The van der Waals surface area contributed by atoms with Crippen LogP contribution in [0.15, 0.2) is 5.38 Å². The minimum Gasteiger partial charge on any atom is -0.481 e. The molecule has 0 aliphatic heterocycles. The topological polar surface area (TPSA) is 108 Å². The molecule has 8 heteroatoms. The molecule has 0 aromatic carbocycles. The zero-order chi connectivity index (χ0) is 15.3. The van der Waals surface area contributed by atoms with Crippen LogP contribution >= 0.6 is 11.3 Å². The van der Waals surface area contributed by atoms with Gasteiger partial charge in [0.25, 0.3) is 0 Å². The monoisotopic (exact) mass is 299 g/mol. The van der Waals surface area contributed by atoms with Gasteiger partial charge in [0.2, 0.25) is 5.91 Å². The summed E-state index contributed by atoms with van der Waals surface area (Å²) in [6.45, 7) is 4.91. The number of nitrogens with zero attached hydrogens (tertiary/aromatic N) is 1. The molecule has 1 aromatic heterocycles. The highest BCUT2D eigenvalue weighted by Crippen LogP contribution is 2.19. The summed E-state index contributed by atoms with van der Waals surface area (Å²) in [6, 6.07) is -0.663. The summed E-state index contributed by atoms with van der Waals surface area (Å²) < 4.78 is 0. The minimum atomic E-state index is -1.21. The second-order valence-corrected chi connectivity index (χ2v) is 5.92. The molecule has 0 fully saturated rings. The van der Waals surface area contributed by atoms with Crippen molar-refractivity contribution in [1.82, 2.24) is 15.6 Å². The predicted octanol–water partition coefficient (Wildman–Crippen LogP) is 1.28. The van der Waals surface area contributed by atoms with Gasteiger partial charge in [0.05, 0.1) is 12.0 Å². The predicted molar refractivity (Wildman–Crippen MR) is 73.3 cm³/mol. The first-order valence-electron chi connectivity index (χ1n) is 5.93. The lowest BCUT2D eigenvalue weighted by atomic mass is 9.89. The average molecular weight is 299 g/mol. The Balaban J connectivity index is 2.39. The third-order valence-corrected chi connectivity index (χ3v) is 3.47. The van der Waals surface area contributed by atoms with E-state index in [0.717, 1.165) is 10.7 Å². The summed E-state index contributed by atoms with van der Waals surface area (Å²) in [5, 5.41) is 16.1. The molecule has 1 heterocycles. The Bertz CT molecular complexity index is 525. The largest absolute Gasteiger partial charge is 0.481 e. The highest BCUT2D eigenvalue weighted by Gasteiger charge is 2.30. The van der Waals surface area contributed by atoms with Gasteiger partial charge >= 0.3 is 12.0 Å². The lowest BCUT2D eigenvalue weighted by Crippen LogP contribution is -2.41. The molecule has 0 unspecified atom stereocenters. The second-order valence-electron chi connectivity index (χ2n) is 4.98. The van der Waals surface area contributed by atoms with Crippen molar-refractivity contribution in [3.8, 4) is 0 Å². The highest BCUT2D eigenvalue weighted by atomic mass is 32.1. The van der Waals surface area contributed by atoms with Gasteiger partial charge in [0.15, 0.2) is 0 Å². The Hall–Kier alpha value is -1.96. The van der Waals surface area contributed by atoms with E-state index in [-0.39, 0.29) is 13.0 Å². The zero-order valence-corrected chi connectivity index (χ0v) is 12.3. The van der Waals surface area contributed by atoms with Crippen LogP contribution in [0.2, 0.25) is 0 Å². The standard InChI is InChI=1S/C12H17N3O4S/c1-7-6-20-9(14-7)5-13-11(19)15-8(16)4-12(2,3)10(17)18/h6H,4-5H2,1-3H3,(H,17,18)(H2,13,15,16,19). The van der Waals surface area contributed by atoms with Crippen LogP contribution in [0.25, 0.3) is 0 Å². The molecule has 0 saturated heterocycles. The van der Waals surface area contributed by atoms with E-state index in [4.69, 9.17) is 5.11 Å². The van der Waals surface area contributed by atoms with Crippen molar-refractivity contribution in [2.75, 3.05) is 0 Å². The number of hydrogen-bond acceptors (Lipinski definition) is 5. The van der Waals surface area contributed by atoms with Crippen molar-refractivity contribution in [1.29, 1.82) is 0 Å². The summed E-state index contributed by atoms with van der Waals surface area (Å²) in [6.07, 6.45) is -0.272.